The van der Waals surface area contributed by atoms with Crippen LogP contribution in [0.25, 0.3) is 17.0 Å². The van der Waals surface area contributed by atoms with E-state index in [0.717, 1.165) is 11.3 Å². The number of imidazole rings is 1. The van der Waals surface area contributed by atoms with Gasteiger partial charge in [0.2, 0.25) is 17.2 Å². The summed E-state index contributed by atoms with van der Waals surface area (Å²) in [6, 6.07) is 11.2. The molecule has 9 nitrogen and oxygen atoms in total. The highest BCUT2D eigenvalue weighted by molar-refractivity contribution is 5.93. The molecule has 3 heterocycles. The van der Waals surface area contributed by atoms with Gasteiger partial charge >= 0.3 is 0 Å². The summed E-state index contributed by atoms with van der Waals surface area (Å²) in [5, 5.41) is 7.79. The lowest BCUT2D eigenvalue weighted by atomic mass is 9.81. The highest BCUT2D eigenvalue weighted by Crippen LogP contribution is 2.38. The smallest absolute Gasteiger partial charge is 0.254 e. The fourth-order valence-electron chi connectivity index (χ4n) is 3.14. The number of hydrogen-bond donors (Lipinski definition) is 2. The molecule has 0 saturated carbocycles. The first-order chi connectivity index (χ1) is 12.5. The van der Waals surface area contributed by atoms with Crippen molar-refractivity contribution in [3.63, 3.8) is 0 Å². The van der Waals surface area contributed by atoms with Gasteiger partial charge in [-0.1, -0.05) is 30.3 Å². The molecule has 3 aromatic rings. The minimum atomic E-state index is -1.70. The normalized spacial score (nSPS) is 21.9. The number of carbonyl (C=O) groups is 2. The van der Waals surface area contributed by atoms with Gasteiger partial charge < -0.3 is 11.5 Å². The Balaban J connectivity index is 1.85. The van der Waals surface area contributed by atoms with Crippen molar-refractivity contribution >= 4 is 17.6 Å². The minimum Gasteiger partial charge on any atom is -0.369 e. The third kappa shape index (κ3) is 2.25. The van der Waals surface area contributed by atoms with Gasteiger partial charge in [-0.25, -0.2) is 9.97 Å². The molecule has 2 atom stereocenters. The van der Waals surface area contributed by atoms with Gasteiger partial charge in [0.05, 0.1) is 17.9 Å². The van der Waals surface area contributed by atoms with E-state index in [0.29, 0.717) is 5.78 Å². The zero-order chi connectivity index (χ0) is 18.3. The van der Waals surface area contributed by atoms with Crippen molar-refractivity contribution in [2.45, 2.75) is 5.54 Å². The van der Waals surface area contributed by atoms with Gasteiger partial charge in [0.1, 0.15) is 5.92 Å². The second-order valence-corrected chi connectivity index (χ2v) is 6.02. The van der Waals surface area contributed by atoms with Crippen LogP contribution in [0.3, 0.4) is 0 Å². The van der Waals surface area contributed by atoms with Gasteiger partial charge in [0.25, 0.3) is 5.91 Å². The zero-order valence-corrected chi connectivity index (χ0v) is 13.6. The third-order valence-electron chi connectivity index (χ3n) is 4.50. The van der Waals surface area contributed by atoms with Crippen molar-refractivity contribution < 1.29 is 9.59 Å². The molecule has 1 aliphatic rings. The molecule has 0 radical (unpaired) electrons. The fourth-order valence-corrected chi connectivity index (χ4v) is 3.14. The van der Waals surface area contributed by atoms with E-state index in [9.17, 15) is 9.59 Å². The predicted molar refractivity (Wildman–Crippen MR) is 91.7 cm³/mol. The van der Waals surface area contributed by atoms with Gasteiger partial charge in [-0.05, 0) is 6.07 Å². The third-order valence-corrected chi connectivity index (χ3v) is 4.50. The van der Waals surface area contributed by atoms with Crippen molar-refractivity contribution in [2.75, 3.05) is 6.54 Å². The quantitative estimate of drug-likeness (QED) is 0.713. The Kier molecular flexibility index (Phi) is 3.50. The fraction of sp³-hybridized carbons (Fsp3) is 0.176. The molecule has 0 fully saturated rings. The number of nitrogens with two attached hydrogens (primary N) is 2. The second kappa shape index (κ2) is 5.73. The van der Waals surface area contributed by atoms with Crippen LogP contribution in [0.15, 0.2) is 59.0 Å². The van der Waals surface area contributed by atoms with E-state index in [1.807, 2.05) is 36.5 Å². The van der Waals surface area contributed by atoms with Gasteiger partial charge in [-0.15, -0.1) is 0 Å². The van der Waals surface area contributed by atoms with Crippen LogP contribution in [0.1, 0.15) is 5.69 Å². The Morgan fingerprint density at radius 2 is 1.88 bits per heavy atom. The molecule has 9 heteroatoms. The van der Waals surface area contributed by atoms with Crippen LogP contribution in [-0.4, -0.2) is 32.7 Å². The molecule has 4 N–H and O–H groups in total. The molecule has 0 spiro atoms. The number of nitrogens with zero attached hydrogens (tertiary/aromatic N) is 5. The number of aromatic nitrogens is 3. The van der Waals surface area contributed by atoms with Crippen LogP contribution in [0.2, 0.25) is 0 Å². The second-order valence-electron chi connectivity index (χ2n) is 6.02. The van der Waals surface area contributed by atoms with E-state index in [1.165, 1.54) is 0 Å². The maximum Gasteiger partial charge on any atom is 0.254 e. The summed E-state index contributed by atoms with van der Waals surface area (Å²) < 4.78 is 1.71. The molecule has 1 aliphatic heterocycles. The molecule has 1 aromatic carbocycles. The van der Waals surface area contributed by atoms with Crippen molar-refractivity contribution in [2.24, 2.45) is 27.6 Å². The lowest BCUT2D eigenvalue weighted by Crippen LogP contribution is -2.50. The highest BCUT2D eigenvalue weighted by atomic mass is 16.2. The van der Waals surface area contributed by atoms with Gasteiger partial charge in [0.15, 0.2) is 0 Å². The van der Waals surface area contributed by atoms with Crippen LogP contribution >= 0.6 is 0 Å². The number of hydrogen-bond acceptors (Lipinski definition) is 6. The maximum absolute atomic E-state index is 12.2. The molecule has 4 rings (SSSR count). The Morgan fingerprint density at radius 1 is 1.12 bits per heavy atom. The SMILES string of the molecule is NC(=O)C1CN=NC1(C(N)=O)c1ccn2cc(-c3ccccc3)nc2n1. The number of carbonyl (C=O) groups excluding carboxylic acids is 2. The van der Waals surface area contributed by atoms with Crippen LogP contribution < -0.4 is 11.5 Å². The van der Waals surface area contributed by atoms with Gasteiger partial charge in [0, 0.05) is 18.0 Å². The average molecular weight is 349 g/mol. The van der Waals surface area contributed by atoms with E-state index < -0.39 is 23.3 Å². The van der Waals surface area contributed by atoms with Gasteiger partial charge in [-0.2, -0.15) is 10.2 Å². The lowest BCUT2D eigenvalue weighted by molar-refractivity contribution is -0.132. The van der Waals surface area contributed by atoms with Crippen LogP contribution in [0.5, 0.6) is 0 Å². The summed E-state index contributed by atoms with van der Waals surface area (Å²) >= 11 is 0. The molecular formula is C17H15N7O2. The molecule has 130 valence electrons. The van der Waals surface area contributed by atoms with Gasteiger partial charge in [-0.3, -0.25) is 14.0 Å². The molecule has 0 saturated heterocycles. The molecule has 2 aromatic heterocycles. The first kappa shape index (κ1) is 15.9. The number of rotatable bonds is 4. The van der Waals surface area contributed by atoms with E-state index >= 15 is 0 Å². The van der Waals surface area contributed by atoms with E-state index in [-0.39, 0.29) is 12.2 Å². The van der Waals surface area contributed by atoms with Crippen LogP contribution in [-0.2, 0) is 15.1 Å². The van der Waals surface area contributed by atoms with E-state index in [4.69, 9.17) is 11.5 Å². The first-order valence-corrected chi connectivity index (χ1v) is 7.92. The minimum absolute atomic E-state index is 0.00512. The van der Waals surface area contributed by atoms with Crippen LogP contribution in [0, 0.1) is 5.92 Å². The number of primary amides is 2. The predicted octanol–water partition coefficient (Wildman–Crippen LogP) is 0.644. The number of amides is 2. The molecule has 2 amide bonds. The molecule has 0 bridgehead atoms. The molecule has 2 unspecified atom stereocenters. The summed E-state index contributed by atoms with van der Waals surface area (Å²) in [7, 11) is 0. The summed E-state index contributed by atoms with van der Waals surface area (Å²) in [6.45, 7) is -0.00512. The van der Waals surface area contributed by atoms with Crippen molar-refractivity contribution in [1.82, 2.24) is 14.4 Å². The average Bonchev–Trinajstić information content (AvgIpc) is 3.26. The summed E-state index contributed by atoms with van der Waals surface area (Å²) in [6.07, 6.45) is 3.51. The Hall–Kier alpha value is -3.62. The van der Waals surface area contributed by atoms with Crippen molar-refractivity contribution in [3.05, 3.63) is 54.5 Å². The monoisotopic (exact) mass is 349 g/mol. The first-order valence-electron chi connectivity index (χ1n) is 7.92. The van der Waals surface area contributed by atoms with Crippen LogP contribution in [0.4, 0.5) is 0 Å². The summed E-state index contributed by atoms with van der Waals surface area (Å²) in [5.74, 6) is -2.15. The van der Waals surface area contributed by atoms with Crippen molar-refractivity contribution in [3.8, 4) is 11.3 Å². The Bertz CT molecular complexity index is 1040. The number of fused-ring (bicyclic) bond motifs is 1. The maximum atomic E-state index is 12.2. The standard InChI is InChI=1S/C17H15N7O2/c18-14(25)11-8-20-23-17(11,15(19)26)13-6-7-24-9-12(21-16(24)22-13)10-4-2-1-3-5-10/h1-7,9,11H,8H2,(H2,18,25)(H2,19,26). The molecule has 0 aliphatic carbocycles. The van der Waals surface area contributed by atoms with E-state index in [1.54, 1.807) is 16.7 Å². The number of benzene rings is 1. The number of azo groups is 1. The topological polar surface area (TPSA) is 141 Å². The zero-order valence-electron chi connectivity index (χ0n) is 13.6. The Morgan fingerprint density at radius 3 is 2.58 bits per heavy atom. The highest BCUT2D eigenvalue weighted by Gasteiger charge is 2.54. The largest absolute Gasteiger partial charge is 0.369 e. The summed E-state index contributed by atoms with van der Waals surface area (Å²) in [4.78, 5) is 32.9. The molecule has 26 heavy (non-hydrogen) atoms. The lowest BCUT2D eigenvalue weighted by Gasteiger charge is -2.25. The van der Waals surface area contributed by atoms with Crippen molar-refractivity contribution in [1.29, 1.82) is 0 Å². The Labute approximate surface area is 147 Å². The molecular weight excluding hydrogens is 334 g/mol. The summed E-state index contributed by atoms with van der Waals surface area (Å²) in [5.41, 5.74) is 11.1. The van der Waals surface area contributed by atoms with E-state index in [2.05, 4.69) is 20.2 Å².